The average molecular weight is 311 g/mol. The maximum atomic E-state index is 12.9. The van der Waals surface area contributed by atoms with Crippen LogP contribution in [0.1, 0.15) is 5.56 Å². The van der Waals surface area contributed by atoms with Gasteiger partial charge in [-0.25, -0.2) is 4.39 Å². The average Bonchev–Trinajstić information content (AvgIpc) is 2.51. The van der Waals surface area contributed by atoms with Crippen molar-refractivity contribution in [1.29, 1.82) is 0 Å². The van der Waals surface area contributed by atoms with E-state index < -0.39 is 0 Å². The first-order chi connectivity index (χ1) is 11.1. The molecule has 0 atom stereocenters. The molecule has 3 N–H and O–H groups in total. The molecular weight excluding hydrogens is 297 g/mol. The number of benzene rings is 2. The summed E-state index contributed by atoms with van der Waals surface area (Å²) in [5.74, 6) is 0.501. The number of ether oxygens (including phenoxy) is 1. The molecule has 0 spiro atoms. The van der Waals surface area contributed by atoms with Gasteiger partial charge in [0.1, 0.15) is 11.6 Å². The lowest BCUT2D eigenvalue weighted by molar-refractivity contribution is 0.441. The monoisotopic (exact) mass is 311 g/mol. The van der Waals surface area contributed by atoms with Gasteiger partial charge in [-0.05, 0) is 43.3 Å². The van der Waals surface area contributed by atoms with E-state index in [2.05, 4.69) is 20.3 Å². The molecule has 0 radical (unpaired) electrons. The fourth-order valence-electron chi connectivity index (χ4n) is 1.85. The van der Waals surface area contributed by atoms with Gasteiger partial charge >= 0.3 is 6.01 Å². The fourth-order valence-corrected chi connectivity index (χ4v) is 1.85. The molecule has 0 amide bonds. The summed E-state index contributed by atoms with van der Waals surface area (Å²) in [4.78, 5) is 12.1. The molecule has 23 heavy (non-hydrogen) atoms. The van der Waals surface area contributed by atoms with E-state index in [9.17, 15) is 4.39 Å². The van der Waals surface area contributed by atoms with E-state index >= 15 is 0 Å². The predicted octanol–water partition coefficient (Wildman–Crippen LogP) is 3.44. The second-order valence-corrected chi connectivity index (χ2v) is 4.85. The van der Waals surface area contributed by atoms with Crippen LogP contribution in [-0.2, 0) is 0 Å². The lowest BCUT2D eigenvalue weighted by Gasteiger charge is -2.08. The van der Waals surface area contributed by atoms with E-state index in [4.69, 9.17) is 10.5 Å². The molecule has 3 aromatic rings. The zero-order chi connectivity index (χ0) is 16.2. The molecule has 2 aromatic carbocycles. The van der Waals surface area contributed by atoms with Crippen LogP contribution >= 0.6 is 0 Å². The molecule has 0 unspecified atom stereocenters. The Labute approximate surface area is 132 Å². The number of hydrogen-bond donors (Lipinski definition) is 2. The third-order valence-corrected chi connectivity index (χ3v) is 2.96. The van der Waals surface area contributed by atoms with Gasteiger partial charge in [-0.3, -0.25) is 0 Å². The number of aryl methyl sites for hydroxylation is 1. The molecule has 0 aliphatic carbocycles. The summed E-state index contributed by atoms with van der Waals surface area (Å²) in [6.45, 7) is 1.98. The van der Waals surface area contributed by atoms with E-state index in [-0.39, 0.29) is 23.7 Å². The van der Waals surface area contributed by atoms with Gasteiger partial charge in [0.2, 0.25) is 11.9 Å². The standard InChI is InChI=1S/C16H14FN5O/c1-10-2-8-13(9-3-10)23-16-21-14(18)20-15(22-16)19-12-6-4-11(17)5-7-12/h2-9H,1H3,(H3,18,19,20,21,22). The summed E-state index contributed by atoms with van der Waals surface area (Å²) in [6.07, 6.45) is 0. The van der Waals surface area contributed by atoms with E-state index in [0.717, 1.165) is 5.56 Å². The number of anilines is 3. The molecule has 0 fully saturated rings. The van der Waals surface area contributed by atoms with Crippen molar-refractivity contribution >= 4 is 17.6 Å². The Hall–Kier alpha value is -3.22. The summed E-state index contributed by atoms with van der Waals surface area (Å²) in [7, 11) is 0. The van der Waals surface area contributed by atoms with Crippen LogP contribution in [-0.4, -0.2) is 15.0 Å². The van der Waals surface area contributed by atoms with Crippen LogP contribution in [0.4, 0.5) is 22.0 Å². The Morgan fingerprint density at radius 1 is 0.957 bits per heavy atom. The number of rotatable bonds is 4. The molecule has 0 aliphatic rings. The molecule has 7 heteroatoms. The zero-order valence-corrected chi connectivity index (χ0v) is 12.3. The minimum atomic E-state index is -0.325. The van der Waals surface area contributed by atoms with Crippen LogP contribution in [0.5, 0.6) is 11.8 Å². The first kappa shape index (κ1) is 14.7. The Morgan fingerprint density at radius 2 is 1.65 bits per heavy atom. The first-order valence-electron chi connectivity index (χ1n) is 6.87. The smallest absolute Gasteiger partial charge is 0.328 e. The molecule has 0 aliphatic heterocycles. The van der Waals surface area contributed by atoms with E-state index in [1.165, 1.54) is 12.1 Å². The Bertz CT molecular complexity index is 740. The quantitative estimate of drug-likeness (QED) is 0.767. The van der Waals surface area contributed by atoms with Crippen molar-refractivity contribution in [3.63, 3.8) is 0 Å². The van der Waals surface area contributed by atoms with E-state index in [1.54, 1.807) is 12.1 Å². The molecule has 1 heterocycles. The highest BCUT2D eigenvalue weighted by Gasteiger charge is 2.07. The van der Waals surface area contributed by atoms with Gasteiger partial charge in [-0.15, -0.1) is 0 Å². The summed E-state index contributed by atoms with van der Waals surface area (Å²) in [6, 6.07) is 13.3. The number of halogens is 1. The molecule has 1 aromatic heterocycles. The van der Waals surface area contributed by atoms with Crippen molar-refractivity contribution in [2.45, 2.75) is 6.92 Å². The molecular formula is C16H14FN5O. The highest BCUT2D eigenvalue weighted by Crippen LogP contribution is 2.21. The van der Waals surface area contributed by atoms with Crippen LogP contribution < -0.4 is 15.8 Å². The van der Waals surface area contributed by atoms with Gasteiger partial charge in [-0.1, -0.05) is 17.7 Å². The van der Waals surface area contributed by atoms with Crippen LogP contribution in [0, 0.1) is 12.7 Å². The number of nitrogens with zero attached hydrogens (tertiary/aromatic N) is 3. The second-order valence-electron chi connectivity index (χ2n) is 4.85. The normalized spacial score (nSPS) is 10.3. The van der Waals surface area contributed by atoms with Crippen molar-refractivity contribution in [1.82, 2.24) is 15.0 Å². The van der Waals surface area contributed by atoms with Gasteiger partial charge in [0, 0.05) is 5.69 Å². The Kier molecular flexibility index (Phi) is 4.01. The maximum Gasteiger partial charge on any atom is 0.328 e. The van der Waals surface area contributed by atoms with Gasteiger partial charge in [0.25, 0.3) is 0 Å². The molecule has 3 rings (SSSR count). The van der Waals surface area contributed by atoms with E-state index in [1.807, 2.05) is 31.2 Å². The number of nitrogen functional groups attached to an aromatic ring is 1. The van der Waals surface area contributed by atoms with Gasteiger partial charge < -0.3 is 15.8 Å². The largest absolute Gasteiger partial charge is 0.424 e. The lowest BCUT2D eigenvalue weighted by Crippen LogP contribution is -2.05. The minimum Gasteiger partial charge on any atom is -0.424 e. The lowest BCUT2D eigenvalue weighted by atomic mass is 10.2. The third kappa shape index (κ3) is 3.91. The molecule has 0 saturated heterocycles. The van der Waals surface area contributed by atoms with Crippen molar-refractivity contribution in [3.8, 4) is 11.8 Å². The zero-order valence-electron chi connectivity index (χ0n) is 12.3. The van der Waals surface area contributed by atoms with Crippen LogP contribution in [0.3, 0.4) is 0 Å². The highest BCUT2D eigenvalue weighted by atomic mass is 19.1. The van der Waals surface area contributed by atoms with E-state index in [0.29, 0.717) is 11.4 Å². The highest BCUT2D eigenvalue weighted by molar-refractivity contribution is 5.53. The van der Waals surface area contributed by atoms with Crippen LogP contribution in [0.15, 0.2) is 48.5 Å². The molecule has 6 nitrogen and oxygen atoms in total. The number of nitrogens with one attached hydrogen (secondary N) is 1. The SMILES string of the molecule is Cc1ccc(Oc2nc(N)nc(Nc3ccc(F)cc3)n2)cc1. The van der Waals surface area contributed by atoms with Crippen LogP contribution in [0.25, 0.3) is 0 Å². The number of aromatic nitrogens is 3. The number of nitrogens with two attached hydrogens (primary N) is 1. The summed E-state index contributed by atoms with van der Waals surface area (Å²) < 4.78 is 18.5. The van der Waals surface area contributed by atoms with Gasteiger partial charge in [-0.2, -0.15) is 15.0 Å². The summed E-state index contributed by atoms with van der Waals surface area (Å²) >= 11 is 0. The topological polar surface area (TPSA) is 86.0 Å². The summed E-state index contributed by atoms with van der Waals surface area (Å²) in [5, 5.41) is 2.92. The van der Waals surface area contributed by atoms with Crippen molar-refractivity contribution < 1.29 is 9.13 Å². The van der Waals surface area contributed by atoms with Crippen molar-refractivity contribution in [2.24, 2.45) is 0 Å². The van der Waals surface area contributed by atoms with Crippen LogP contribution in [0.2, 0.25) is 0 Å². The van der Waals surface area contributed by atoms with Crippen molar-refractivity contribution in [2.75, 3.05) is 11.1 Å². The minimum absolute atomic E-state index is 0.0201. The van der Waals surface area contributed by atoms with Gasteiger partial charge in [0.05, 0.1) is 0 Å². The Morgan fingerprint density at radius 3 is 2.35 bits per heavy atom. The van der Waals surface area contributed by atoms with Crippen molar-refractivity contribution in [3.05, 3.63) is 59.9 Å². The summed E-state index contributed by atoms with van der Waals surface area (Å²) in [5.41, 5.74) is 7.41. The predicted molar refractivity (Wildman–Crippen MR) is 85.2 cm³/mol. The first-order valence-corrected chi connectivity index (χ1v) is 6.87. The maximum absolute atomic E-state index is 12.9. The Balaban J connectivity index is 1.81. The fraction of sp³-hybridized carbons (Fsp3) is 0.0625. The van der Waals surface area contributed by atoms with Gasteiger partial charge in [0.15, 0.2) is 0 Å². The molecule has 0 saturated carbocycles. The molecule has 116 valence electrons. The molecule has 0 bridgehead atoms. The second kappa shape index (κ2) is 6.27. The number of hydrogen-bond acceptors (Lipinski definition) is 6. The third-order valence-electron chi connectivity index (χ3n) is 2.96.